The van der Waals surface area contributed by atoms with E-state index in [2.05, 4.69) is 5.32 Å². The maximum absolute atomic E-state index is 12.5. The molecule has 1 fully saturated rings. The van der Waals surface area contributed by atoms with Crippen molar-refractivity contribution in [1.82, 2.24) is 10.2 Å². The average molecular weight is 274 g/mol. The summed E-state index contributed by atoms with van der Waals surface area (Å²) in [6.45, 7) is 6.66. The molecule has 1 atom stereocenters. The van der Waals surface area contributed by atoms with Gasteiger partial charge in [0, 0.05) is 6.54 Å². The molecular formula is C16H22N2O2. The van der Waals surface area contributed by atoms with Gasteiger partial charge in [-0.25, -0.2) is 0 Å². The lowest BCUT2D eigenvalue weighted by Gasteiger charge is -2.38. The fourth-order valence-electron chi connectivity index (χ4n) is 2.39. The molecule has 2 rings (SSSR count). The highest BCUT2D eigenvalue weighted by atomic mass is 16.2. The van der Waals surface area contributed by atoms with E-state index < -0.39 is 6.04 Å². The fraction of sp³-hybridized carbons (Fsp3) is 0.500. The van der Waals surface area contributed by atoms with Crippen LogP contribution in [0.25, 0.3) is 0 Å². The van der Waals surface area contributed by atoms with Crippen LogP contribution in [-0.4, -0.2) is 35.8 Å². The van der Waals surface area contributed by atoms with Crippen molar-refractivity contribution in [2.75, 3.05) is 13.1 Å². The monoisotopic (exact) mass is 274 g/mol. The highest BCUT2D eigenvalue weighted by Crippen LogP contribution is 2.23. The number of nitrogens with one attached hydrogen (secondary N) is 1. The number of amides is 2. The van der Waals surface area contributed by atoms with E-state index in [1.54, 1.807) is 4.90 Å². The van der Waals surface area contributed by atoms with Gasteiger partial charge in [-0.3, -0.25) is 9.59 Å². The molecule has 0 aromatic heterocycles. The van der Waals surface area contributed by atoms with Crippen LogP contribution in [0.15, 0.2) is 30.3 Å². The van der Waals surface area contributed by atoms with Crippen molar-refractivity contribution in [1.29, 1.82) is 0 Å². The van der Waals surface area contributed by atoms with Gasteiger partial charge in [0.2, 0.25) is 11.8 Å². The smallest absolute Gasteiger partial charge is 0.246 e. The molecule has 1 heterocycles. The Bertz CT molecular complexity index is 491. The number of piperazine rings is 1. The third-order valence-corrected chi connectivity index (χ3v) is 3.58. The molecule has 1 aliphatic rings. The normalized spacial score (nSPS) is 19.9. The second kappa shape index (κ2) is 5.65. The van der Waals surface area contributed by atoms with Gasteiger partial charge in [0.05, 0.1) is 6.54 Å². The van der Waals surface area contributed by atoms with E-state index >= 15 is 0 Å². The zero-order valence-corrected chi connectivity index (χ0v) is 12.3. The van der Waals surface area contributed by atoms with Gasteiger partial charge in [-0.05, 0) is 17.4 Å². The van der Waals surface area contributed by atoms with Crippen molar-refractivity contribution in [3.8, 4) is 0 Å². The summed E-state index contributed by atoms with van der Waals surface area (Å²) in [6, 6.07) is 9.58. The Kier molecular flexibility index (Phi) is 4.12. The van der Waals surface area contributed by atoms with Gasteiger partial charge in [0.25, 0.3) is 0 Å². The highest BCUT2D eigenvalue weighted by molar-refractivity contribution is 5.95. The number of carbonyl (C=O) groups excluding carboxylic acids is 2. The molecule has 1 saturated heterocycles. The first-order chi connectivity index (χ1) is 9.38. The van der Waals surface area contributed by atoms with E-state index in [0.717, 1.165) is 6.42 Å². The second-order valence-corrected chi connectivity index (χ2v) is 6.36. The lowest BCUT2D eigenvalue weighted by molar-refractivity contribution is -0.147. The number of hydrogen-bond acceptors (Lipinski definition) is 2. The van der Waals surface area contributed by atoms with E-state index in [1.165, 1.54) is 5.56 Å². The van der Waals surface area contributed by atoms with Gasteiger partial charge in [0.15, 0.2) is 0 Å². The van der Waals surface area contributed by atoms with Crippen molar-refractivity contribution < 1.29 is 9.59 Å². The van der Waals surface area contributed by atoms with Crippen molar-refractivity contribution >= 4 is 11.8 Å². The zero-order chi connectivity index (χ0) is 14.8. The largest absolute Gasteiger partial charge is 0.342 e. The van der Waals surface area contributed by atoms with E-state index in [4.69, 9.17) is 0 Å². The molecule has 0 spiro atoms. The van der Waals surface area contributed by atoms with Crippen LogP contribution in [0.5, 0.6) is 0 Å². The maximum atomic E-state index is 12.5. The summed E-state index contributed by atoms with van der Waals surface area (Å²) in [5.74, 6) is -0.0504. The second-order valence-electron chi connectivity index (χ2n) is 6.36. The van der Waals surface area contributed by atoms with Crippen molar-refractivity contribution in [3.63, 3.8) is 0 Å². The van der Waals surface area contributed by atoms with Crippen LogP contribution in [0, 0.1) is 5.41 Å². The van der Waals surface area contributed by atoms with E-state index in [1.807, 2.05) is 51.1 Å². The molecule has 2 amide bonds. The Morgan fingerprint density at radius 1 is 1.20 bits per heavy atom. The predicted molar refractivity (Wildman–Crippen MR) is 78.1 cm³/mol. The van der Waals surface area contributed by atoms with Crippen LogP contribution in [0.1, 0.15) is 26.3 Å². The van der Waals surface area contributed by atoms with Crippen LogP contribution in [0.3, 0.4) is 0 Å². The van der Waals surface area contributed by atoms with Crippen LogP contribution in [-0.2, 0) is 16.0 Å². The van der Waals surface area contributed by atoms with Crippen molar-refractivity contribution in [2.24, 2.45) is 5.41 Å². The van der Waals surface area contributed by atoms with E-state index in [-0.39, 0.29) is 23.8 Å². The molecule has 1 aromatic rings. The Morgan fingerprint density at radius 2 is 1.85 bits per heavy atom. The minimum atomic E-state index is -0.431. The van der Waals surface area contributed by atoms with Gasteiger partial charge in [-0.1, -0.05) is 51.1 Å². The minimum absolute atomic E-state index is 0.0213. The topological polar surface area (TPSA) is 49.4 Å². The minimum Gasteiger partial charge on any atom is -0.342 e. The van der Waals surface area contributed by atoms with Gasteiger partial charge < -0.3 is 10.2 Å². The predicted octanol–water partition coefficient (Wildman–Crippen LogP) is 1.60. The lowest BCUT2D eigenvalue weighted by Crippen LogP contribution is -2.62. The summed E-state index contributed by atoms with van der Waals surface area (Å²) in [6.07, 6.45) is 0.775. The molecule has 1 N–H and O–H groups in total. The molecule has 0 aliphatic carbocycles. The van der Waals surface area contributed by atoms with Crippen LogP contribution in [0.2, 0.25) is 0 Å². The van der Waals surface area contributed by atoms with E-state index in [9.17, 15) is 9.59 Å². The molecule has 20 heavy (non-hydrogen) atoms. The first-order valence-electron chi connectivity index (χ1n) is 7.00. The van der Waals surface area contributed by atoms with Gasteiger partial charge in [-0.2, -0.15) is 0 Å². The zero-order valence-electron chi connectivity index (χ0n) is 12.3. The van der Waals surface area contributed by atoms with Crippen LogP contribution in [0.4, 0.5) is 0 Å². The Morgan fingerprint density at radius 3 is 2.45 bits per heavy atom. The number of hydrogen-bond donors (Lipinski definition) is 1. The third-order valence-electron chi connectivity index (χ3n) is 3.58. The summed E-state index contributed by atoms with van der Waals surface area (Å²) in [5, 5.41) is 2.80. The summed E-state index contributed by atoms with van der Waals surface area (Å²) in [5.41, 5.74) is 0.914. The molecule has 0 saturated carbocycles. The maximum Gasteiger partial charge on any atom is 0.246 e. The average Bonchev–Trinajstić information content (AvgIpc) is 2.39. The van der Waals surface area contributed by atoms with Gasteiger partial charge in [0.1, 0.15) is 6.04 Å². The first kappa shape index (κ1) is 14.6. The number of benzene rings is 1. The quantitative estimate of drug-likeness (QED) is 0.910. The molecule has 1 aromatic carbocycles. The van der Waals surface area contributed by atoms with Gasteiger partial charge >= 0.3 is 0 Å². The molecule has 108 valence electrons. The summed E-state index contributed by atoms with van der Waals surface area (Å²) in [4.78, 5) is 25.9. The van der Waals surface area contributed by atoms with Crippen LogP contribution < -0.4 is 5.32 Å². The molecular weight excluding hydrogens is 252 g/mol. The van der Waals surface area contributed by atoms with Crippen molar-refractivity contribution in [3.05, 3.63) is 35.9 Å². The van der Waals surface area contributed by atoms with E-state index in [0.29, 0.717) is 6.54 Å². The summed E-state index contributed by atoms with van der Waals surface area (Å²) in [7, 11) is 0. The standard InChI is InChI=1S/C16H22N2O2/c1-16(2,3)14-15(20)18(11-13(19)17-14)10-9-12-7-5-4-6-8-12/h4-8,14H,9-11H2,1-3H3,(H,17,19). The number of rotatable bonds is 3. The Balaban J connectivity index is 2.03. The summed E-state index contributed by atoms with van der Waals surface area (Å²) >= 11 is 0. The number of carbonyl (C=O) groups is 2. The number of nitrogens with zero attached hydrogens (tertiary/aromatic N) is 1. The summed E-state index contributed by atoms with van der Waals surface area (Å²) < 4.78 is 0. The molecule has 0 radical (unpaired) electrons. The van der Waals surface area contributed by atoms with Crippen LogP contribution >= 0.6 is 0 Å². The SMILES string of the molecule is CC(C)(C)C1NC(=O)CN(CCc2ccccc2)C1=O. The fourth-order valence-corrected chi connectivity index (χ4v) is 2.39. The Labute approximate surface area is 120 Å². The molecule has 0 bridgehead atoms. The first-order valence-corrected chi connectivity index (χ1v) is 7.00. The highest BCUT2D eigenvalue weighted by Gasteiger charge is 2.39. The molecule has 4 nitrogen and oxygen atoms in total. The molecule has 4 heteroatoms. The van der Waals surface area contributed by atoms with Gasteiger partial charge in [-0.15, -0.1) is 0 Å². The molecule has 1 aliphatic heterocycles. The third kappa shape index (κ3) is 3.38. The van der Waals surface area contributed by atoms with Crippen molar-refractivity contribution in [2.45, 2.75) is 33.2 Å². The molecule has 1 unspecified atom stereocenters. The lowest BCUT2D eigenvalue weighted by atomic mass is 9.84. The Hall–Kier alpha value is -1.84.